The zero-order chi connectivity index (χ0) is 15.2. The molecule has 2 rings (SSSR count). The number of nitrogens with zero attached hydrogens (tertiary/aromatic N) is 2. The van der Waals surface area contributed by atoms with Crippen LogP contribution in [0.4, 0.5) is 10.5 Å². The molecular weight excluding hydrogens is 272 g/mol. The number of pyridine rings is 2. The van der Waals surface area contributed by atoms with Crippen LogP contribution >= 0.6 is 0 Å². The van der Waals surface area contributed by atoms with Crippen LogP contribution in [-0.2, 0) is 0 Å². The summed E-state index contributed by atoms with van der Waals surface area (Å²) in [5.41, 5.74) is 1.27. The van der Waals surface area contributed by atoms with E-state index in [1.807, 2.05) is 19.1 Å². The summed E-state index contributed by atoms with van der Waals surface area (Å²) < 4.78 is 0. The van der Waals surface area contributed by atoms with Crippen molar-refractivity contribution in [2.45, 2.75) is 13.0 Å². The van der Waals surface area contributed by atoms with E-state index in [-0.39, 0.29) is 11.7 Å². The first-order chi connectivity index (χ1) is 10.1. The molecule has 1 unspecified atom stereocenters. The molecule has 0 bridgehead atoms. The molecule has 0 aromatic carbocycles. The zero-order valence-corrected chi connectivity index (χ0v) is 11.3. The van der Waals surface area contributed by atoms with E-state index >= 15 is 0 Å². The molecule has 3 N–H and O–H groups in total. The number of hydrogen-bond acceptors (Lipinski definition) is 4. The van der Waals surface area contributed by atoms with Gasteiger partial charge >= 0.3 is 12.0 Å². The lowest BCUT2D eigenvalue weighted by atomic mass is 10.1. The van der Waals surface area contributed by atoms with Crippen molar-refractivity contribution in [3.05, 3.63) is 54.1 Å². The van der Waals surface area contributed by atoms with Crippen molar-refractivity contribution in [3.8, 4) is 0 Å². The first-order valence-electron chi connectivity index (χ1n) is 6.23. The van der Waals surface area contributed by atoms with Crippen molar-refractivity contribution in [2.75, 3.05) is 5.32 Å². The Hall–Kier alpha value is -2.96. The monoisotopic (exact) mass is 286 g/mol. The van der Waals surface area contributed by atoms with Crippen molar-refractivity contribution in [2.24, 2.45) is 0 Å². The third-order valence-electron chi connectivity index (χ3n) is 2.79. The van der Waals surface area contributed by atoms with E-state index in [0.717, 1.165) is 5.56 Å². The quantitative estimate of drug-likeness (QED) is 0.798. The van der Waals surface area contributed by atoms with Gasteiger partial charge in [-0.15, -0.1) is 0 Å². The molecule has 0 aliphatic heterocycles. The highest BCUT2D eigenvalue weighted by molar-refractivity contribution is 5.90. The maximum atomic E-state index is 11.8. The van der Waals surface area contributed by atoms with Gasteiger partial charge in [0.05, 0.1) is 17.9 Å². The maximum absolute atomic E-state index is 11.8. The average molecular weight is 286 g/mol. The highest BCUT2D eigenvalue weighted by Gasteiger charge is 2.10. The van der Waals surface area contributed by atoms with Gasteiger partial charge in [-0.2, -0.15) is 0 Å². The van der Waals surface area contributed by atoms with Crippen LogP contribution in [0.5, 0.6) is 0 Å². The minimum atomic E-state index is -1.11. The predicted octanol–water partition coefficient (Wildman–Crippen LogP) is 2.06. The van der Waals surface area contributed by atoms with Crippen LogP contribution in [0.3, 0.4) is 0 Å². The van der Waals surface area contributed by atoms with Crippen LogP contribution in [-0.4, -0.2) is 27.1 Å². The molecule has 0 aliphatic rings. The van der Waals surface area contributed by atoms with E-state index in [1.54, 1.807) is 12.4 Å². The first-order valence-corrected chi connectivity index (χ1v) is 6.23. The summed E-state index contributed by atoms with van der Waals surface area (Å²) in [5, 5.41) is 14.1. The van der Waals surface area contributed by atoms with Crippen molar-refractivity contribution in [3.63, 3.8) is 0 Å². The molecule has 108 valence electrons. The van der Waals surface area contributed by atoms with E-state index in [0.29, 0.717) is 5.69 Å². The number of aromatic nitrogens is 2. The van der Waals surface area contributed by atoms with Crippen molar-refractivity contribution >= 4 is 17.7 Å². The van der Waals surface area contributed by atoms with Crippen LogP contribution in [0.25, 0.3) is 0 Å². The van der Waals surface area contributed by atoms with Crippen LogP contribution in [0.2, 0.25) is 0 Å². The summed E-state index contributed by atoms with van der Waals surface area (Å²) in [6.45, 7) is 1.85. The molecular formula is C14H14N4O3. The van der Waals surface area contributed by atoms with Gasteiger partial charge in [0.15, 0.2) is 0 Å². The fourth-order valence-electron chi connectivity index (χ4n) is 1.69. The van der Waals surface area contributed by atoms with E-state index in [1.165, 1.54) is 18.3 Å². The number of amides is 2. The Bertz CT molecular complexity index is 628. The molecule has 0 radical (unpaired) electrons. The second-order valence-corrected chi connectivity index (χ2v) is 4.34. The Morgan fingerprint density at radius 3 is 2.48 bits per heavy atom. The van der Waals surface area contributed by atoms with Gasteiger partial charge in [0, 0.05) is 12.4 Å². The largest absolute Gasteiger partial charge is 0.477 e. The second-order valence-electron chi connectivity index (χ2n) is 4.34. The van der Waals surface area contributed by atoms with Gasteiger partial charge in [0.2, 0.25) is 0 Å². The molecule has 21 heavy (non-hydrogen) atoms. The summed E-state index contributed by atoms with van der Waals surface area (Å²) in [7, 11) is 0. The number of aromatic carboxylic acids is 1. The third kappa shape index (κ3) is 4.00. The molecule has 0 fully saturated rings. The Kier molecular flexibility index (Phi) is 4.45. The number of nitrogens with one attached hydrogen (secondary N) is 2. The molecule has 2 aromatic rings. The Labute approximate surface area is 121 Å². The van der Waals surface area contributed by atoms with E-state index in [4.69, 9.17) is 5.11 Å². The SMILES string of the molecule is CC(NC(=O)Nc1ccc(C(=O)O)nc1)c1ccncc1. The summed E-state index contributed by atoms with van der Waals surface area (Å²) >= 11 is 0. The van der Waals surface area contributed by atoms with Gasteiger partial charge < -0.3 is 15.7 Å². The number of urea groups is 1. The van der Waals surface area contributed by atoms with Crippen LogP contribution in [0.1, 0.15) is 29.0 Å². The number of rotatable bonds is 4. The molecule has 0 saturated heterocycles. The highest BCUT2D eigenvalue weighted by atomic mass is 16.4. The molecule has 2 aromatic heterocycles. The molecule has 2 amide bonds. The fraction of sp³-hybridized carbons (Fsp3) is 0.143. The predicted molar refractivity (Wildman–Crippen MR) is 76.0 cm³/mol. The normalized spacial score (nSPS) is 11.5. The number of carboxylic acids is 1. The Morgan fingerprint density at radius 2 is 1.90 bits per heavy atom. The molecule has 2 heterocycles. The smallest absolute Gasteiger partial charge is 0.354 e. The van der Waals surface area contributed by atoms with Gasteiger partial charge in [-0.3, -0.25) is 4.98 Å². The summed E-state index contributed by atoms with van der Waals surface area (Å²) in [6, 6.07) is 5.85. The van der Waals surface area contributed by atoms with Gasteiger partial charge in [0.25, 0.3) is 0 Å². The second kappa shape index (κ2) is 6.47. The van der Waals surface area contributed by atoms with Crippen LogP contribution < -0.4 is 10.6 Å². The summed E-state index contributed by atoms with van der Waals surface area (Å²) in [6.07, 6.45) is 4.60. The topological polar surface area (TPSA) is 104 Å². The van der Waals surface area contributed by atoms with Gasteiger partial charge in [-0.25, -0.2) is 14.6 Å². The standard InChI is InChI=1S/C14H14N4O3/c1-9(10-4-6-15-7-5-10)17-14(21)18-11-2-3-12(13(19)20)16-8-11/h2-9H,1H3,(H,19,20)(H2,17,18,21). The van der Waals surface area contributed by atoms with Crippen molar-refractivity contribution in [1.82, 2.24) is 15.3 Å². The lowest BCUT2D eigenvalue weighted by Crippen LogP contribution is -2.31. The van der Waals surface area contributed by atoms with Crippen molar-refractivity contribution < 1.29 is 14.7 Å². The minimum Gasteiger partial charge on any atom is -0.477 e. The highest BCUT2D eigenvalue weighted by Crippen LogP contribution is 2.11. The van der Waals surface area contributed by atoms with Gasteiger partial charge in [-0.1, -0.05) is 0 Å². The number of anilines is 1. The molecule has 0 spiro atoms. The molecule has 7 nitrogen and oxygen atoms in total. The molecule has 0 saturated carbocycles. The Morgan fingerprint density at radius 1 is 1.19 bits per heavy atom. The van der Waals surface area contributed by atoms with Crippen molar-refractivity contribution in [1.29, 1.82) is 0 Å². The van der Waals surface area contributed by atoms with Crippen LogP contribution in [0, 0.1) is 0 Å². The summed E-state index contributed by atoms with van der Waals surface area (Å²) in [4.78, 5) is 30.1. The summed E-state index contributed by atoms with van der Waals surface area (Å²) in [5.74, 6) is -1.11. The Balaban J connectivity index is 1.94. The number of carboxylic acid groups (broad SMARTS) is 1. The zero-order valence-electron chi connectivity index (χ0n) is 11.3. The average Bonchev–Trinajstić information content (AvgIpc) is 2.48. The minimum absolute atomic E-state index is 0.0777. The maximum Gasteiger partial charge on any atom is 0.354 e. The first kappa shape index (κ1) is 14.4. The fourth-order valence-corrected chi connectivity index (χ4v) is 1.69. The lowest BCUT2D eigenvalue weighted by molar-refractivity contribution is 0.0690. The van der Waals surface area contributed by atoms with Crippen LogP contribution in [0.15, 0.2) is 42.9 Å². The number of carbonyl (C=O) groups is 2. The third-order valence-corrected chi connectivity index (χ3v) is 2.79. The van der Waals surface area contributed by atoms with Gasteiger partial charge in [0.1, 0.15) is 5.69 Å². The molecule has 7 heteroatoms. The number of carbonyl (C=O) groups excluding carboxylic acids is 1. The van der Waals surface area contributed by atoms with E-state index < -0.39 is 12.0 Å². The number of hydrogen-bond donors (Lipinski definition) is 3. The lowest BCUT2D eigenvalue weighted by Gasteiger charge is -2.14. The van der Waals surface area contributed by atoms with Gasteiger partial charge in [-0.05, 0) is 36.8 Å². The van der Waals surface area contributed by atoms with E-state index in [2.05, 4.69) is 20.6 Å². The molecule has 1 atom stereocenters. The molecule has 0 aliphatic carbocycles. The van der Waals surface area contributed by atoms with E-state index in [9.17, 15) is 9.59 Å².